The molecule has 3 N–H and O–H groups in total. The van der Waals surface area contributed by atoms with Gasteiger partial charge in [0.05, 0.1) is 17.5 Å². The molecule has 0 aliphatic carbocycles. The molecule has 0 radical (unpaired) electrons. The van der Waals surface area contributed by atoms with E-state index in [2.05, 4.69) is 10.3 Å². The van der Waals surface area contributed by atoms with Gasteiger partial charge < -0.3 is 11.1 Å². The average Bonchev–Trinajstić information content (AvgIpc) is 2.40. The van der Waals surface area contributed by atoms with Crippen LogP contribution in [-0.4, -0.2) is 38.0 Å². The van der Waals surface area contributed by atoms with E-state index >= 15 is 0 Å². The van der Waals surface area contributed by atoms with E-state index in [1.165, 1.54) is 0 Å². The van der Waals surface area contributed by atoms with E-state index in [1.54, 1.807) is 0 Å². The molecule has 0 amide bonds. The van der Waals surface area contributed by atoms with Crippen molar-refractivity contribution in [3.8, 4) is 0 Å². The first kappa shape index (κ1) is 16.0. The first-order valence-corrected chi connectivity index (χ1v) is 6.91. The predicted molar refractivity (Wildman–Crippen MR) is 77.0 cm³/mol. The van der Waals surface area contributed by atoms with Crippen molar-refractivity contribution in [3.05, 3.63) is 0 Å². The van der Waals surface area contributed by atoms with Crippen LogP contribution in [0.15, 0.2) is 4.99 Å². The average molecular weight is 361 g/mol. The third-order valence-corrected chi connectivity index (χ3v) is 4.62. The van der Waals surface area contributed by atoms with Crippen LogP contribution in [-0.2, 0) is 9.84 Å². The molecule has 1 rings (SSSR count). The van der Waals surface area contributed by atoms with Crippen molar-refractivity contribution in [2.45, 2.75) is 38.0 Å². The normalized spacial score (nSPS) is 24.2. The summed E-state index contributed by atoms with van der Waals surface area (Å²) in [6.45, 7) is 4.19. The Morgan fingerprint density at radius 3 is 2.62 bits per heavy atom. The molecule has 0 bridgehead atoms. The number of sulfone groups is 1. The van der Waals surface area contributed by atoms with Gasteiger partial charge in [0.15, 0.2) is 15.8 Å². The molecule has 1 atom stereocenters. The molecule has 0 aromatic carbocycles. The first-order chi connectivity index (χ1) is 6.92. The molecule has 1 unspecified atom stereocenters. The van der Waals surface area contributed by atoms with E-state index < -0.39 is 9.84 Å². The molecule has 0 saturated carbocycles. The van der Waals surface area contributed by atoms with Gasteiger partial charge in [-0.15, -0.1) is 24.0 Å². The molecule has 0 aromatic rings. The van der Waals surface area contributed by atoms with Crippen molar-refractivity contribution in [1.82, 2.24) is 5.32 Å². The highest BCUT2D eigenvalue weighted by Crippen LogP contribution is 2.19. The van der Waals surface area contributed by atoms with Crippen LogP contribution < -0.4 is 11.1 Å². The summed E-state index contributed by atoms with van der Waals surface area (Å²) in [5, 5.41) is 2.60. The van der Waals surface area contributed by atoms with Gasteiger partial charge in [0, 0.05) is 6.04 Å². The Morgan fingerprint density at radius 2 is 2.19 bits per heavy atom. The minimum atomic E-state index is -2.90. The number of guanidine groups is 1. The van der Waals surface area contributed by atoms with Gasteiger partial charge in [-0.2, -0.15) is 0 Å². The summed E-state index contributed by atoms with van der Waals surface area (Å²) >= 11 is 0. The molecule has 16 heavy (non-hydrogen) atoms. The quantitative estimate of drug-likeness (QED) is 0.436. The molecular formula is C9H20IN3O2S. The number of halogens is 1. The predicted octanol–water partition coefficient (Wildman–Crippen LogP) is 0.494. The van der Waals surface area contributed by atoms with Gasteiger partial charge in [-0.25, -0.2) is 8.42 Å². The minimum Gasteiger partial charge on any atom is -0.370 e. The number of hydrogen-bond donors (Lipinski definition) is 2. The maximum absolute atomic E-state index is 11.5. The fraction of sp³-hybridized carbons (Fsp3) is 0.889. The van der Waals surface area contributed by atoms with Crippen LogP contribution in [0, 0.1) is 0 Å². The van der Waals surface area contributed by atoms with Gasteiger partial charge in [-0.3, -0.25) is 4.99 Å². The zero-order chi connectivity index (χ0) is 11.5. The fourth-order valence-corrected chi connectivity index (χ4v) is 3.33. The summed E-state index contributed by atoms with van der Waals surface area (Å²) in [5.74, 6) is 0.622. The molecule has 1 fully saturated rings. The number of nitrogens with one attached hydrogen (secondary N) is 1. The van der Waals surface area contributed by atoms with Crippen molar-refractivity contribution in [2.24, 2.45) is 10.7 Å². The number of nitrogens with zero attached hydrogens (tertiary/aromatic N) is 1. The van der Waals surface area contributed by atoms with Crippen LogP contribution in [0.2, 0.25) is 0 Å². The molecule has 5 nitrogen and oxygen atoms in total. The molecule has 0 spiro atoms. The van der Waals surface area contributed by atoms with Gasteiger partial charge >= 0.3 is 0 Å². The summed E-state index contributed by atoms with van der Waals surface area (Å²) in [4.78, 5) is 4.05. The van der Waals surface area contributed by atoms with Crippen molar-refractivity contribution in [1.29, 1.82) is 0 Å². The number of nitrogens with two attached hydrogens (primary N) is 1. The molecule has 1 aliphatic heterocycles. The number of rotatable bonds is 3. The van der Waals surface area contributed by atoms with Crippen LogP contribution in [0.25, 0.3) is 0 Å². The van der Waals surface area contributed by atoms with Crippen molar-refractivity contribution >= 4 is 39.8 Å². The van der Waals surface area contributed by atoms with Gasteiger partial charge in [-0.05, 0) is 26.7 Å². The second kappa shape index (κ2) is 6.63. The minimum absolute atomic E-state index is 0. The summed E-state index contributed by atoms with van der Waals surface area (Å²) in [6, 6.07) is 0.217. The van der Waals surface area contributed by atoms with Gasteiger partial charge in [0.25, 0.3) is 0 Å². The van der Waals surface area contributed by atoms with E-state index in [0.717, 1.165) is 6.42 Å². The van der Waals surface area contributed by atoms with E-state index in [0.29, 0.717) is 18.1 Å². The second-order valence-electron chi connectivity index (χ2n) is 4.16. The Morgan fingerprint density at radius 1 is 1.56 bits per heavy atom. The largest absolute Gasteiger partial charge is 0.370 e. The molecule has 96 valence electrons. The Labute approximate surface area is 114 Å². The Hall–Kier alpha value is -0.0500. The van der Waals surface area contributed by atoms with Crippen LogP contribution in [0.4, 0.5) is 0 Å². The highest BCUT2D eigenvalue weighted by Gasteiger charge is 2.30. The van der Waals surface area contributed by atoms with Gasteiger partial charge in [-0.1, -0.05) is 0 Å². The number of hydrogen-bond acceptors (Lipinski definition) is 3. The lowest BCUT2D eigenvalue weighted by Crippen LogP contribution is -2.37. The summed E-state index contributed by atoms with van der Waals surface area (Å²) in [6.07, 6.45) is 1.46. The highest BCUT2D eigenvalue weighted by molar-refractivity contribution is 14.0. The topological polar surface area (TPSA) is 84.5 Å². The smallest absolute Gasteiger partial charge is 0.188 e. The molecule has 7 heteroatoms. The summed E-state index contributed by atoms with van der Waals surface area (Å²) in [5.41, 5.74) is 5.59. The summed E-state index contributed by atoms with van der Waals surface area (Å²) < 4.78 is 22.9. The monoisotopic (exact) mass is 361 g/mol. The zero-order valence-electron chi connectivity index (χ0n) is 9.64. The molecule has 1 saturated heterocycles. The zero-order valence-corrected chi connectivity index (χ0v) is 12.8. The highest BCUT2D eigenvalue weighted by atomic mass is 127. The molecule has 1 heterocycles. The fourth-order valence-electron chi connectivity index (χ4n) is 1.60. The molecule has 0 aromatic heterocycles. The SMILES string of the molecule is CC(C)NC(N)=NCC1CCCS1(=O)=O.I. The Bertz CT molecular complexity index is 341. The second-order valence-corrected chi connectivity index (χ2v) is 6.56. The van der Waals surface area contributed by atoms with Crippen LogP contribution in [0.1, 0.15) is 26.7 Å². The third kappa shape index (κ3) is 4.86. The van der Waals surface area contributed by atoms with Crippen molar-refractivity contribution in [3.63, 3.8) is 0 Å². The van der Waals surface area contributed by atoms with E-state index in [4.69, 9.17) is 5.73 Å². The van der Waals surface area contributed by atoms with Gasteiger partial charge in [0.2, 0.25) is 0 Å². The maximum atomic E-state index is 11.5. The van der Waals surface area contributed by atoms with E-state index in [-0.39, 0.29) is 41.8 Å². The van der Waals surface area contributed by atoms with E-state index in [1.807, 2.05) is 13.8 Å². The lowest BCUT2D eigenvalue weighted by atomic mass is 10.2. The Kier molecular flexibility index (Phi) is 6.61. The van der Waals surface area contributed by atoms with Crippen LogP contribution in [0.5, 0.6) is 0 Å². The van der Waals surface area contributed by atoms with Crippen LogP contribution >= 0.6 is 24.0 Å². The molecular weight excluding hydrogens is 341 g/mol. The lowest BCUT2D eigenvalue weighted by molar-refractivity contribution is 0.589. The van der Waals surface area contributed by atoms with Gasteiger partial charge in [0.1, 0.15) is 0 Å². The summed E-state index contributed by atoms with van der Waals surface area (Å²) in [7, 11) is -2.90. The number of aliphatic imine (C=N–C) groups is 1. The maximum Gasteiger partial charge on any atom is 0.188 e. The Balaban J connectivity index is 0.00000225. The standard InChI is InChI=1S/C9H19N3O2S.HI/c1-7(2)12-9(10)11-6-8-4-3-5-15(8,13)14;/h7-8H,3-6H2,1-2H3,(H3,10,11,12);1H. The lowest BCUT2D eigenvalue weighted by Gasteiger charge is -2.10. The van der Waals surface area contributed by atoms with E-state index in [9.17, 15) is 8.42 Å². The first-order valence-electron chi connectivity index (χ1n) is 5.20. The van der Waals surface area contributed by atoms with Crippen LogP contribution in [0.3, 0.4) is 0 Å². The molecule has 1 aliphatic rings. The van der Waals surface area contributed by atoms with Crippen molar-refractivity contribution < 1.29 is 8.42 Å². The third-order valence-electron chi connectivity index (χ3n) is 2.36. The van der Waals surface area contributed by atoms with Crippen molar-refractivity contribution in [2.75, 3.05) is 12.3 Å².